The largest absolute Gasteiger partial charge is 0.492 e. The smallest absolute Gasteiger partial charge is 0.217 e. The summed E-state index contributed by atoms with van der Waals surface area (Å²) in [6, 6.07) is 9.47. The molecule has 1 amide bonds. The van der Waals surface area contributed by atoms with Gasteiger partial charge in [0.15, 0.2) is 0 Å². The molecule has 0 unspecified atom stereocenters. The first-order valence-corrected chi connectivity index (χ1v) is 10.4. The number of nitrogens with zero attached hydrogens (tertiary/aromatic N) is 3. The highest BCUT2D eigenvalue weighted by Gasteiger charge is 2.30. The lowest BCUT2D eigenvalue weighted by atomic mass is 10.1. The van der Waals surface area contributed by atoms with Gasteiger partial charge in [0, 0.05) is 32.3 Å². The zero-order valence-corrected chi connectivity index (χ0v) is 17.9. The summed E-state index contributed by atoms with van der Waals surface area (Å²) in [7, 11) is 0. The fourth-order valence-corrected chi connectivity index (χ4v) is 3.93. The summed E-state index contributed by atoms with van der Waals surface area (Å²) in [6.45, 7) is 8.11. The topological polar surface area (TPSA) is 99.8 Å². The fraction of sp³-hybridized carbons (Fsp3) is 0.545. The number of aromatic nitrogens is 2. The second-order valence-corrected chi connectivity index (χ2v) is 8.10. The molecule has 8 nitrogen and oxygen atoms in total. The summed E-state index contributed by atoms with van der Waals surface area (Å²) in [4.78, 5) is 13.3. The summed E-state index contributed by atoms with van der Waals surface area (Å²) >= 11 is 0. The molecule has 0 saturated carbocycles. The molecule has 164 valence electrons. The number of aliphatic hydroxyl groups excluding tert-OH is 2. The van der Waals surface area contributed by atoms with Gasteiger partial charge in [0.25, 0.3) is 0 Å². The van der Waals surface area contributed by atoms with Crippen LogP contribution >= 0.6 is 0 Å². The number of carbonyl (C=O) groups is 1. The number of amides is 1. The van der Waals surface area contributed by atoms with Crippen molar-refractivity contribution in [2.24, 2.45) is 0 Å². The van der Waals surface area contributed by atoms with E-state index in [9.17, 15) is 15.0 Å². The maximum absolute atomic E-state index is 11.3. The van der Waals surface area contributed by atoms with E-state index in [1.165, 1.54) is 6.92 Å². The molecular weight excluding hydrogens is 384 g/mol. The minimum Gasteiger partial charge on any atom is -0.492 e. The molecule has 0 bridgehead atoms. The van der Waals surface area contributed by atoms with Crippen LogP contribution in [0.4, 0.5) is 0 Å². The van der Waals surface area contributed by atoms with Crippen molar-refractivity contribution in [3.8, 4) is 5.75 Å². The number of ether oxygens (including phenoxy) is 1. The first-order chi connectivity index (χ1) is 14.3. The van der Waals surface area contributed by atoms with Crippen LogP contribution in [0.2, 0.25) is 0 Å². The average Bonchev–Trinajstić information content (AvgIpc) is 2.92. The molecule has 0 aliphatic carbocycles. The zero-order chi connectivity index (χ0) is 21.7. The lowest BCUT2D eigenvalue weighted by Gasteiger charge is -2.25. The third kappa shape index (κ3) is 6.29. The number of rotatable bonds is 7. The van der Waals surface area contributed by atoms with Gasteiger partial charge in [0.2, 0.25) is 5.91 Å². The summed E-state index contributed by atoms with van der Waals surface area (Å²) in [5, 5.41) is 27.8. The molecule has 3 rings (SSSR count). The molecule has 1 aliphatic heterocycles. The van der Waals surface area contributed by atoms with Crippen LogP contribution in [-0.4, -0.2) is 68.7 Å². The Kier molecular flexibility index (Phi) is 7.47. The van der Waals surface area contributed by atoms with Crippen LogP contribution in [0.5, 0.6) is 5.75 Å². The van der Waals surface area contributed by atoms with Gasteiger partial charge < -0.3 is 20.3 Å². The Labute approximate surface area is 177 Å². The van der Waals surface area contributed by atoms with Crippen molar-refractivity contribution in [2.45, 2.75) is 58.5 Å². The van der Waals surface area contributed by atoms with E-state index in [0.717, 1.165) is 22.7 Å². The number of β-amino-alcohol motifs (C(OH)–C–C–N with tert-alkyl or cyclic N) is 2. The molecule has 1 aromatic heterocycles. The predicted molar refractivity (Wildman–Crippen MR) is 113 cm³/mol. The number of nitrogens with one attached hydrogen (secondary N) is 1. The van der Waals surface area contributed by atoms with Gasteiger partial charge in [0.1, 0.15) is 12.4 Å². The van der Waals surface area contributed by atoms with Crippen LogP contribution in [0.1, 0.15) is 30.3 Å². The van der Waals surface area contributed by atoms with Crippen LogP contribution in [0.3, 0.4) is 0 Å². The number of hydrogen-bond donors (Lipinski definition) is 3. The molecule has 8 heteroatoms. The summed E-state index contributed by atoms with van der Waals surface area (Å²) in [5.74, 6) is 0.593. The standard InChI is InChI=1S/C22H32N4O4/c1-15-10-16(2)26(24-15)8-9-30-20-6-4-18(5-7-20)12-25-13-19(28)11-21(22(29)14-25)23-17(3)27/h4-7,10,19,21-22,28-29H,8-9,11-14H2,1-3H3,(H,23,27)/t19-,21-,22-/m1/s1. The Bertz CT molecular complexity index is 836. The van der Waals surface area contributed by atoms with Crippen LogP contribution in [0.25, 0.3) is 0 Å². The van der Waals surface area contributed by atoms with E-state index in [1.54, 1.807) is 0 Å². The van der Waals surface area contributed by atoms with E-state index < -0.39 is 18.2 Å². The summed E-state index contributed by atoms with van der Waals surface area (Å²) in [6.07, 6.45) is -0.974. The molecule has 2 heterocycles. The highest BCUT2D eigenvalue weighted by atomic mass is 16.5. The molecular formula is C22H32N4O4. The van der Waals surface area contributed by atoms with Crippen molar-refractivity contribution in [3.05, 3.63) is 47.3 Å². The van der Waals surface area contributed by atoms with E-state index in [4.69, 9.17) is 4.74 Å². The first-order valence-electron chi connectivity index (χ1n) is 10.4. The van der Waals surface area contributed by atoms with Gasteiger partial charge in [-0.2, -0.15) is 5.10 Å². The SMILES string of the molecule is CC(=O)N[C@@H]1C[C@@H](O)CN(Cc2ccc(OCCn3nc(C)cc3C)cc2)C[C@H]1O. The van der Waals surface area contributed by atoms with Crippen LogP contribution in [-0.2, 0) is 17.9 Å². The van der Waals surface area contributed by atoms with E-state index in [1.807, 2.05) is 53.8 Å². The Morgan fingerprint density at radius 1 is 1.23 bits per heavy atom. The van der Waals surface area contributed by atoms with Crippen LogP contribution < -0.4 is 10.1 Å². The molecule has 1 fully saturated rings. The normalized spacial score (nSPS) is 22.5. The average molecular weight is 417 g/mol. The number of carbonyl (C=O) groups excluding carboxylic acids is 1. The van der Waals surface area contributed by atoms with Gasteiger partial charge in [-0.1, -0.05) is 12.1 Å². The van der Waals surface area contributed by atoms with Gasteiger partial charge >= 0.3 is 0 Å². The lowest BCUT2D eigenvalue weighted by Crippen LogP contribution is -2.45. The van der Waals surface area contributed by atoms with E-state index in [2.05, 4.69) is 10.4 Å². The highest BCUT2D eigenvalue weighted by molar-refractivity contribution is 5.73. The number of aryl methyl sites for hydroxylation is 2. The van der Waals surface area contributed by atoms with Gasteiger partial charge in [-0.15, -0.1) is 0 Å². The quantitative estimate of drug-likeness (QED) is 0.623. The predicted octanol–water partition coefficient (Wildman–Crippen LogP) is 1.01. The third-order valence-corrected chi connectivity index (χ3v) is 5.30. The molecule has 1 aliphatic rings. The maximum atomic E-state index is 11.3. The molecule has 1 saturated heterocycles. The van der Waals surface area contributed by atoms with Crippen LogP contribution in [0.15, 0.2) is 30.3 Å². The molecule has 3 atom stereocenters. The number of hydrogen-bond acceptors (Lipinski definition) is 6. The summed E-state index contributed by atoms with van der Waals surface area (Å²) in [5.41, 5.74) is 3.19. The Morgan fingerprint density at radius 3 is 2.60 bits per heavy atom. The molecule has 0 radical (unpaired) electrons. The van der Waals surface area contributed by atoms with Gasteiger partial charge in [-0.3, -0.25) is 14.4 Å². The number of aliphatic hydroxyl groups is 2. The minimum absolute atomic E-state index is 0.201. The Hall–Kier alpha value is -2.42. The third-order valence-electron chi connectivity index (χ3n) is 5.30. The monoisotopic (exact) mass is 416 g/mol. The van der Waals surface area contributed by atoms with E-state index in [0.29, 0.717) is 39.2 Å². The number of benzene rings is 1. The van der Waals surface area contributed by atoms with E-state index in [-0.39, 0.29) is 5.91 Å². The lowest BCUT2D eigenvalue weighted by molar-refractivity contribution is -0.120. The molecule has 0 spiro atoms. The molecule has 2 aromatic rings. The van der Waals surface area contributed by atoms with Crippen molar-refractivity contribution in [1.29, 1.82) is 0 Å². The van der Waals surface area contributed by atoms with Crippen molar-refractivity contribution < 1.29 is 19.7 Å². The minimum atomic E-state index is -0.719. The van der Waals surface area contributed by atoms with Crippen molar-refractivity contribution in [1.82, 2.24) is 20.0 Å². The maximum Gasteiger partial charge on any atom is 0.217 e. The van der Waals surface area contributed by atoms with Gasteiger partial charge in [0.05, 0.1) is 30.5 Å². The fourth-order valence-electron chi connectivity index (χ4n) is 3.93. The van der Waals surface area contributed by atoms with Crippen LogP contribution in [0, 0.1) is 13.8 Å². The molecule has 30 heavy (non-hydrogen) atoms. The molecule has 3 N–H and O–H groups in total. The number of likely N-dealkylation sites (tertiary alicyclic amines) is 1. The summed E-state index contributed by atoms with van der Waals surface area (Å²) < 4.78 is 7.77. The second kappa shape index (κ2) is 10.1. The van der Waals surface area contributed by atoms with Crippen molar-refractivity contribution in [3.63, 3.8) is 0 Å². The Balaban J connectivity index is 1.51. The molecule has 1 aromatic carbocycles. The zero-order valence-electron chi connectivity index (χ0n) is 17.9. The second-order valence-electron chi connectivity index (χ2n) is 8.10. The highest BCUT2D eigenvalue weighted by Crippen LogP contribution is 2.18. The van der Waals surface area contributed by atoms with Gasteiger partial charge in [-0.25, -0.2) is 0 Å². The van der Waals surface area contributed by atoms with E-state index >= 15 is 0 Å². The van der Waals surface area contributed by atoms with Crippen molar-refractivity contribution in [2.75, 3.05) is 19.7 Å². The Morgan fingerprint density at radius 2 is 1.97 bits per heavy atom. The van der Waals surface area contributed by atoms with Crippen molar-refractivity contribution >= 4 is 5.91 Å². The van der Waals surface area contributed by atoms with Gasteiger partial charge in [-0.05, 0) is 44.0 Å². The first kappa shape index (κ1) is 22.3.